The van der Waals surface area contributed by atoms with Crippen LogP contribution in [0.25, 0.3) is 0 Å². The molecule has 0 bridgehead atoms. The van der Waals surface area contributed by atoms with Crippen LogP contribution in [-0.4, -0.2) is 36.2 Å². The first-order valence-corrected chi connectivity index (χ1v) is 7.22. The van der Waals surface area contributed by atoms with Crippen LogP contribution in [-0.2, 0) is 4.74 Å². The smallest absolute Gasteiger partial charge is 0.410 e. The van der Waals surface area contributed by atoms with Gasteiger partial charge in [-0.25, -0.2) is 4.79 Å². The van der Waals surface area contributed by atoms with Gasteiger partial charge in [0, 0.05) is 31.5 Å². The Bertz CT molecular complexity index is 427. The van der Waals surface area contributed by atoms with Crippen molar-refractivity contribution in [3.05, 3.63) is 23.5 Å². The second-order valence-electron chi connectivity index (χ2n) is 6.49. The van der Waals surface area contributed by atoms with Crippen LogP contribution >= 0.6 is 0 Å². The zero-order valence-electron chi connectivity index (χ0n) is 12.6. The fraction of sp³-hybridized carbons (Fsp3) is 0.667. The number of likely N-dealkylation sites (tertiary alicyclic amines) is 1. The molecular formula is C15H25N3O2. The van der Waals surface area contributed by atoms with Crippen LogP contribution in [0.3, 0.4) is 0 Å². The van der Waals surface area contributed by atoms with Crippen molar-refractivity contribution >= 4 is 6.09 Å². The third-order valence-corrected chi connectivity index (χ3v) is 3.60. The van der Waals surface area contributed by atoms with Gasteiger partial charge in [-0.15, -0.1) is 0 Å². The highest BCUT2D eigenvalue weighted by Crippen LogP contribution is 2.26. The molecule has 1 saturated heterocycles. The van der Waals surface area contributed by atoms with Crippen LogP contribution in [0.4, 0.5) is 4.79 Å². The summed E-state index contributed by atoms with van der Waals surface area (Å²) in [5.41, 5.74) is 7.51. The summed E-state index contributed by atoms with van der Waals surface area (Å²) in [6, 6.07) is 0. The number of rotatable bonds is 1. The minimum Gasteiger partial charge on any atom is -0.444 e. The molecule has 0 atom stereocenters. The van der Waals surface area contributed by atoms with Crippen molar-refractivity contribution in [3.8, 4) is 0 Å². The normalized spacial score (nSPS) is 20.9. The Morgan fingerprint density at radius 1 is 1.40 bits per heavy atom. The van der Waals surface area contributed by atoms with E-state index in [1.807, 2.05) is 27.0 Å². The Balaban J connectivity index is 1.86. The Labute approximate surface area is 120 Å². The molecule has 5 nitrogen and oxygen atoms in total. The highest BCUT2D eigenvalue weighted by molar-refractivity contribution is 5.68. The third kappa shape index (κ3) is 3.92. The highest BCUT2D eigenvalue weighted by Gasteiger charge is 2.28. The number of ether oxygens (including phenoxy) is 1. The number of dihydropyridines is 1. The molecule has 3 N–H and O–H groups in total. The Hall–Kier alpha value is -1.65. The molecule has 20 heavy (non-hydrogen) atoms. The van der Waals surface area contributed by atoms with Crippen LogP contribution in [0.2, 0.25) is 0 Å². The van der Waals surface area contributed by atoms with Gasteiger partial charge < -0.3 is 20.7 Å². The summed E-state index contributed by atoms with van der Waals surface area (Å²) in [6.45, 7) is 8.04. The van der Waals surface area contributed by atoms with Gasteiger partial charge in [0.05, 0.1) is 0 Å². The summed E-state index contributed by atoms with van der Waals surface area (Å²) in [5.74, 6) is 0.508. The average Bonchev–Trinajstić information content (AvgIpc) is 2.37. The second-order valence-corrected chi connectivity index (χ2v) is 6.49. The van der Waals surface area contributed by atoms with Crippen molar-refractivity contribution in [2.75, 3.05) is 19.6 Å². The first-order valence-electron chi connectivity index (χ1n) is 7.22. The fourth-order valence-electron chi connectivity index (χ4n) is 2.62. The van der Waals surface area contributed by atoms with Crippen molar-refractivity contribution < 1.29 is 9.53 Å². The maximum Gasteiger partial charge on any atom is 0.410 e. The molecule has 5 heteroatoms. The molecule has 2 heterocycles. The standard InChI is InChI=1S/C15H25N3O2/c1-15(2,3)20-14(19)18-6-4-11(5-7-18)12-8-13(16)10-17-9-12/h8,10-11,17H,4-7,9,16H2,1-3H3. The molecule has 1 amide bonds. The number of carbonyl (C=O) groups is 1. The quantitative estimate of drug-likeness (QED) is 0.770. The minimum atomic E-state index is -0.428. The number of carbonyl (C=O) groups excluding carboxylic acids is 1. The number of nitrogens with one attached hydrogen (secondary N) is 1. The van der Waals surface area contributed by atoms with Crippen LogP contribution in [0.5, 0.6) is 0 Å². The Morgan fingerprint density at radius 3 is 2.60 bits per heavy atom. The van der Waals surface area contributed by atoms with Crippen molar-refractivity contribution in [3.63, 3.8) is 0 Å². The first kappa shape index (κ1) is 14.8. The van der Waals surface area contributed by atoms with E-state index in [1.165, 1.54) is 5.57 Å². The summed E-state index contributed by atoms with van der Waals surface area (Å²) in [7, 11) is 0. The van der Waals surface area contributed by atoms with Gasteiger partial charge >= 0.3 is 6.09 Å². The molecule has 1 fully saturated rings. The number of piperidine rings is 1. The van der Waals surface area contributed by atoms with Crippen molar-refractivity contribution in [1.82, 2.24) is 10.2 Å². The summed E-state index contributed by atoms with van der Waals surface area (Å²) < 4.78 is 5.41. The molecule has 0 aromatic carbocycles. The van der Waals surface area contributed by atoms with E-state index >= 15 is 0 Å². The van der Waals surface area contributed by atoms with Gasteiger partial charge in [0.2, 0.25) is 0 Å². The topological polar surface area (TPSA) is 67.6 Å². The maximum absolute atomic E-state index is 12.0. The molecule has 2 aliphatic heterocycles. The van der Waals surface area contributed by atoms with E-state index in [2.05, 4.69) is 11.4 Å². The van der Waals surface area contributed by atoms with Gasteiger partial charge in [-0.1, -0.05) is 0 Å². The lowest BCUT2D eigenvalue weighted by molar-refractivity contribution is 0.0194. The lowest BCUT2D eigenvalue weighted by atomic mass is 9.88. The number of hydrogen-bond acceptors (Lipinski definition) is 4. The van der Waals surface area contributed by atoms with Crippen molar-refractivity contribution in [2.45, 2.75) is 39.2 Å². The predicted molar refractivity (Wildman–Crippen MR) is 78.9 cm³/mol. The van der Waals surface area contributed by atoms with E-state index in [0.717, 1.165) is 38.2 Å². The fourth-order valence-corrected chi connectivity index (χ4v) is 2.62. The number of allylic oxidation sites excluding steroid dienone is 1. The molecule has 0 radical (unpaired) electrons. The first-order chi connectivity index (χ1) is 9.35. The van der Waals surface area contributed by atoms with Gasteiger partial charge in [0.25, 0.3) is 0 Å². The Morgan fingerprint density at radius 2 is 2.05 bits per heavy atom. The molecule has 0 aromatic heterocycles. The van der Waals surface area contributed by atoms with Crippen LogP contribution in [0, 0.1) is 5.92 Å². The van der Waals surface area contributed by atoms with Gasteiger partial charge in [-0.2, -0.15) is 0 Å². The SMILES string of the molecule is CC(C)(C)OC(=O)N1CCC(C2=CC(N)=CNC2)CC1. The van der Waals surface area contributed by atoms with Crippen LogP contribution < -0.4 is 11.1 Å². The monoisotopic (exact) mass is 279 g/mol. The third-order valence-electron chi connectivity index (χ3n) is 3.60. The van der Waals surface area contributed by atoms with E-state index in [9.17, 15) is 4.79 Å². The van der Waals surface area contributed by atoms with Crippen molar-refractivity contribution in [2.24, 2.45) is 11.7 Å². The predicted octanol–water partition coefficient (Wildman–Crippen LogP) is 1.96. The Kier molecular flexibility index (Phi) is 4.26. The molecule has 0 unspecified atom stereocenters. The molecule has 0 spiro atoms. The van der Waals surface area contributed by atoms with E-state index < -0.39 is 5.60 Å². The molecule has 0 saturated carbocycles. The molecule has 2 aliphatic rings. The minimum absolute atomic E-state index is 0.203. The lowest BCUT2D eigenvalue weighted by Gasteiger charge is -2.35. The van der Waals surface area contributed by atoms with Crippen LogP contribution in [0.1, 0.15) is 33.6 Å². The van der Waals surface area contributed by atoms with Crippen molar-refractivity contribution in [1.29, 1.82) is 0 Å². The van der Waals surface area contributed by atoms with Gasteiger partial charge in [-0.3, -0.25) is 0 Å². The zero-order chi connectivity index (χ0) is 14.8. The summed E-state index contributed by atoms with van der Waals surface area (Å²) >= 11 is 0. The molecular weight excluding hydrogens is 254 g/mol. The lowest BCUT2D eigenvalue weighted by Crippen LogP contribution is -2.42. The van der Waals surface area contributed by atoms with E-state index in [1.54, 1.807) is 4.90 Å². The number of nitrogens with zero attached hydrogens (tertiary/aromatic N) is 1. The van der Waals surface area contributed by atoms with E-state index in [4.69, 9.17) is 10.5 Å². The van der Waals surface area contributed by atoms with E-state index in [-0.39, 0.29) is 6.09 Å². The molecule has 112 valence electrons. The van der Waals surface area contributed by atoms with Gasteiger partial charge in [0.1, 0.15) is 5.60 Å². The number of nitrogens with two attached hydrogens (primary N) is 1. The number of hydrogen-bond donors (Lipinski definition) is 2. The summed E-state index contributed by atoms with van der Waals surface area (Å²) in [6.07, 6.45) is 5.63. The highest BCUT2D eigenvalue weighted by atomic mass is 16.6. The summed E-state index contributed by atoms with van der Waals surface area (Å²) in [4.78, 5) is 13.8. The van der Waals surface area contributed by atoms with Gasteiger partial charge in [0.15, 0.2) is 0 Å². The second kappa shape index (κ2) is 5.77. The largest absolute Gasteiger partial charge is 0.444 e. The van der Waals surface area contributed by atoms with Crippen LogP contribution in [0.15, 0.2) is 23.5 Å². The molecule has 0 aromatic rings. The summed E-state index contributed by atoms with van der Waals surface area (Å²) in [5, 5.41) is 3.19. The van der Waals surface area contributed by atoms with Gasteiger partial charge in [-0.05, 0) is 51.2 Å². The average molecular weight is 279 g/mol. The zero-order valence-corrected chi connectivity index (χ0v) is 12.6. The maximum atomic E-state index is 12.0. The number of amides is 1. The van der Waals surface area contributed by atoms with E-state index in [0.29, 0.717) is 5.92 Å². The molecule has 2 rings (SSSR count). The molecule has 0 aliphatic carbocycles.